The molecular formula is C23H21F2N5OS. The van der Waals surface area contributed by atoms with Gasteiger partial charge in [0.1, 0.15) is 11.6 Å². The molecule has 6 nitrogen and oxygen atoms in total. The highest BCUT2D eigenvalue weighted by molar-refractivity contribution is 7.20. The van der Waals surface area contributed by atoms with Crippen molar-refractivity contribution in [3.05, 3.63) is 71.9 Å². The van der Waals surface area contributed by atoms with Crippen molar-refractivity contribution in [1.82, 2.24) is 19.9 Å². The molecule has 0 aliphatic carbocycles. The lowest BCUT2D eigenvalue weighted by Crippen LogP contribution is -2.43. The summed E-state index contributed by atoms with van der Waals surface area (Å²) in [5.74, 6) is -0.851. The lowest BCUT2D eigenvalue weighted by atomic mass is 9.97. The summed E-state index contributed by atoms with van der Waals surface area (Å²) in [6, 6.07) is 12.7. The molecule has 9 heteroatoms. The Labute approximate surface area is 187 Å². The van der Waals surface area contributed by atoms with Crippen LogP contribution in [0.25, 0.3) is 16.2 Å². The van der Waals surface area contributed by atoms with Crippen molar-refractivity contribution in [2.24, 2.45) is 5.92 Å². The van der Waals surface area contributed by atoms with Crippen LogP contribution >= 0.6 is 11.3 Å². The fourth-order valence-electron chi connectivity index (χ4n) is 3.91. The van der Waals surface area contributed by atoms with Crippen LogP contribution in [-0.2, 0) is 11.3 Å². The summed E-state index contributed by atoms with van der Waals surface area (Å²) < 4.78 is 28.7. The van der Waals surface area contributed by atoms with Crippen LogP contribution in [0.15, 0.2) is 54.7 Å². The number of nitrogens with zero attached hydrogens (tertiary/aromatic N) is 4. The fourth-order valence-corrected chi connectivity index (χ4v) is 4.83. The van der Waals surface area contributed by atoms with Gasteiger partial charge in [0.05, 0.1) is 17.8 Å². The summed E-state index contributed by atoms with van der Waals surface area (Å²) in [6.45, 7) is 1.56. The number of anilines is 1. The van der Waals surface area contributed by atoms with Gasteiger partial charge in [-0.3, -0.25) is 4.79 Å². The molecule has 2 aromatic carbocycles. The number of amides is 1. The van der Waals surface area contributed by atoms with Gasteiger partial charge in [0.2, 0.25) is 16.0 Å². The third kappa shape index (κ3) is 4.20. The highest BCUT2D eigenvalue weighted by atomic mass is 32.1. The number of fused-ring (bicyclic) bond motifs is 1. The molecule has 164 valence electrons. The third-order valence-electron chi connectivity index (χ3n) is 5.65. The van der Waals surface area contributed by atoms with Crippen LogP contribution in [0.2, 0.25) is 0 Å². The lowest BCUT2D eigenvalue weighted by molar-refractivity contribution is -0.125. The number of aromatic nitrogens is 3. The van der Waals surface area contributed by atoms with E-state index in [-0.39, 0.29) is 30.0 Å². The second-order valence-corrected chi connectivity index (χ2v) is 8.77. The number of carbonyl (C=O) groups excluding carboxylic acids is 1. The van der Waals surface area contributed by atoms with Crippen LogP contribution in [0.4, 0.5) is 13.9 Å². The van der Waals surface area contributed by atoms with Gasteiger partial charge in [-0.2, -0.15) is 0 Å². The standard InChI is InChI=1S/C23H21F2N5OS/c24-18-9-7-15(8-10-18)20-14-30-22(27-20)32-23(28-30)29-11-3-5-17(13-29)21(31)26-12-16-4-1-2-6-19(16)25/h1-2,4,6-10,14,17H,3,5,11-13H2,(H,26,31)/t17-/m1/s1. The van der Waals surface area contributed by atoms with Gasteiger partial charge in [-0.25, -0.2) is 18.3 Å². The number of hydrogen-bond acceptors (Lipinski definition) is 5. The number of carbonyl (C=O) groups is 1. The van der Waals surface area contributed by atoms with Crippen LogP contribution in [-0.4, -0.2) is 33.6 Å². The first-order valence-electron chi connectivity index (χ1n) is 10.4. The smallest absolute Gasteiger partial charge is 0.225 e. The van der Waals surface area contributed by atoms with Crippen molar-refractivity contribution < 1.29 is 13.6 Å². The Morgan fingerprint density at radius 1 is 1.16 bits per heavy atom. The van der Waals surface area contributed by atoms with E-state index in [4.69, 9.17) is 0 Å². The molecule has 1 fully saturated rings. The van der Waals surface area contributed by atoms with Gasteiger partial charge in [0.25, 0.3) is 0 Å². The van der Waals surface area contributed by atoms with E-state index in [1.165, 1.54) is 29.5 Å². The molecular weight excluding hydrogens is 432 g/mol. The predicted molar refractivity (Wildman–Crippen MR) is 119 cm³/mol. The maximum absolute atomic E-state index is 13.8. The molecule has 1 amide bonds. The van der Waals surface area contributed by atoms with Crippen molar-refractivity contribution in [3.63, 3.8) is 0 Å². The Bertz CT molecular complexity index is 1220. The largest absolute Gasteiger partial charge is 0.352 e. The minimum absolute atomic E-state index is 0.0714. The predicted octanol–water partition coefficient (Wildman–Crippen LogP) is 4.27. The molecule has 1 atom stereocenters. The van der Waals surface area contributed by atoms with E-state index in [1.807, 2.05) is 6.20 Å². The molecule has 1 aliphatic heterocycles. The van der Waals surface area contributed by atoms with Gasteiger partial charge in [-0.05, 0) is 43.2 Å². The topological polar surface area (TPSA) is 62.5 Å². The number of benzene rings is 2. The van der Waals surface area contributed by atoms with E-state index in [2.05, 4.69) is 20.3 Å². The molecule has 0 bridgehead atoms. The zero-order chi connectivity index (χ0) is 22.1. The van der Waals surface area contributed by atoms with Crippen molar-refractivity contribution in [1.29, 1.82) is 0 Å². The normalized spacial score (nSPS) is 16.4. The minimum Gasteiger partial charge on any atom is -0.352 e. The monoisotopic (exact) mass is 453 g/mol. The molecule has 1 saturated heterocycles. The first-order chi connectivity index (χ1) is 15.6. The number of hydrogen-bond donors (Lipinski definition) is 1. The molecule has 1 N–H and O–H groups in total. The molecule has 5 rings (SSSR count). The molecule has 0 unspecified atom stereocenters. The highest BCUT2D eigenvalue weighted by Gasteiger charge is 2.28. The number of rotatable bonds is 5. The van der Waals surface area contributed by atoms with Gasteiger partial charge in [0.15, 0.2) is 0 Å². The minimum atomic E-state index is -0.316. The quantitative estimate of drug-likeness (QED) is 0.490. The Balaban J connectivity index is 1.25. The summed E-state index contributed by atoms with van der Waals surface area (Å²) in [7, 11) is 0. The third-order valence-corrected chi connectivity index (χ3v) is 6.63. The fraction of sp³-hybridized carbons (Fsp3) is 0.261. The molecule has 0 spiro atoms. The highest BCUT2D eigenvalue weighted by Crippen LogP contribution is 2.30. The Kier molecular flexibility index (Phi) is 5.57. The van der Waals surface area contributed by atoms with Gasteiger partial charge in [-0.1, -0.05) is 29.5 Å². The molecule has 32 heavy (non-hydrogen) atoms. The number of piperidine rings is 1. The molecule has 2 aromatic heterocycles. The average Bonchev–Trinajstić information content (AvgIpc) is 3.39. The average molecular weight is 454 g/mol. The van der Waals surface area contributed by atoms with E-state index in [0.29, 0.717) is 12.1 Å². The molecule has 0 radical (unpaired) electrons. The van der Waals surface area contributed by atoms with Crippen molar-refractivity contribution in [3.8, 4) is 11.3 Å². The van der Waals surface area contributed by atoms with Gasteiger partial charge in [-0.15, -0.1) is 5.10 Å². The first-order valence-corrected chi connectivity index (χ1v) is 11.3. The summed E-state index contributed by atoms with van der Waals surface area (Å²) in [4.78, 5) is 20.1. The van der Waals surface area contributed by atoms with Crippen LogP contribution in [0, 0.1) is 17.6 Å². The maximum atomic E-state index is 13.8. The molecule has 1 aliphatic rings. The van der Waals surface area contributed by atoms with E-state index in [9.17, 15) is 13.6 Å². The number of nitrogens with one attached hydrogen (secondary N) is 1. The van der Waals surface area contributed by atoms with E-state index in [1.54, 1.807) is 34.8 Å². The summed E-state index contributed by atoms with van der Waals surface area (Å²) in [5, 5.41) is 8.32. The summed E-state index contributed by atoms with van der Waals surface area (Å²) in [6.07, 6.45) is 3.49. The maximum Gasteiger partial charge on any atom is 0.225 e. The molecule has 3 heterocycles. The van der Waals surface area contributed by atoms with Crippen LogP contribution in [0.1, 0.15) is 18.4 Å². The number of imidazole rings is 1. The van der Waals surface area contributed by atoms with Gasteiger partial charge < -0.3 is 10.2 Å². The second-order valence-electron chi connectivity index (χ2n) is 7.84. The van der Waals surface area contributed by atoms with E-state index < -0.39 is 0 Å². The zero-order valence-electron chi connectivity index (χ0n) is 17.2. The zero-order valence-corrected chi connectivity index (χ0v) is 18.0. The van der Waals surface area contributed by atoms with Gasteiger partial charge >= 0.3 is 0 Å². The second kappa shape index (κ2) is 8.66. The first kappa shape index (κ1) is 20.6. The van der Waals surface area contributed by atoms with Crippen LogP contribution < -0.4 is 10.2 Å². The molecule has 0 saturated carbocycles. The number of halogens is 2. The van der Waals surface area contributed by atoms with Crippen LogP contribution in [0.5, 0.6) is 0 Å². The summed E-state index contributed by atoms with van der Waals surface area (Å²) in [5.41, 5.74) is 2.04. The van der Waals surface area contributed by atoms with Crippen molar-refractivity contribution >= 4 is 27.3 Å². The van der Waals surface area contributed by atoms with Crippen LogP contribution in [0.3, 0.4) is 0 Å². The van der Waals surface area contributed by atoms with Crippen molar-refractivity contribution in [2.45, 2.75) is 19.4 Å². The van der Waals surface area contributed by atoms with E-state index in [0.717, 1.165) is 40.7 Å². The van der Waals surface area contributed by atoms with E-state index >= 15 is 0 Å². The SMILES string of the molecule is O=C(NCc1ccccc1F)[C@@H]1CCCN(c2nn3cc(-c4ccc(F)cc4)nc3s2)C1. The van der Waals surface area contributed by atoms with Crippen molar-refractivity contribution in [2.75, 3.05) is 18.0 Å². The Morgan fingerprint density at radius 3 is 2.75 bits per heavy atom. The lowest BCUT2D eigenvalue weighted by Gasteiger charge is -2.31. The molecule has 4 aromatic rings. The Hall–Kier alpha value is -3.33. The summed E-state index contributed by atoms with van der Waals surface area (Å²) >= 11 is 1.46. The van der Waals surface area contributed by atoms with Gasteiger partial charge in [0, 0.05) is 30.8 Å². The Morgan fingerprint density at radius 2 is 1.97 bits per heavy atom.